The van der Waals surface area contributed by atoms with Gasteiger partial charge in [0, 0.05) is 24.0 Å². The maximum atomic E-state index is 12.5. The first-order chi connectivity index (χ1) is 8.32. The van der Waals surface area contributed by atoms with Gasteiger partial charge in [-0.3, -0.25) is 4.79 Å². The summed E-state index contributed by atoms with van der Waals surface area (Å²) in [5.74, 6) is 0.391. The zero-order chi connectivity index (χ0) is 13.9. The summed E-state index contributed by atoms with van der Waals surface area (Å²) in [6, 6.07) is 5.18. The summed E-state index contributed by atoms with van der Waals surface area (Å²) >= 11 is 0. The van der Waals surface area contributed by atoms with Gasteiger partial charge in [0.2, 0.25) is 0 Å². The van der Waals surface area contributed by atoms with Gasteiger partial charge >= 0.3 is 0 Å². The predicted molar refractivity (Wildman–Crippen MR) is 76.3 cm³/mol. The van der Waals surface area contributed by atoms with Gasteiger partial charge in [0.25, 0.3) is 5.91 Å². The molecule has 1 aromatic rings. The van der Waals surface area contributed by atoms with Crippen LogP contribution >= 0.6 is 0 Å². The lowest BCUT2D eigenvalue weighted by Crippen LogP contribution is -2.39. The van der Waals surface area contributed by atoms with E-state index in [1.807, 2.05) is 18.7 Å². The molecule has 0 aliphatic rings. The highest BCUT2D eigenvalue weighted by Gasteiger charge is 2.21. The van der Waals surface area contributed by atoms with E-state index in [2.05, 4.69) is 13.8 Å². The maximum Gasteiger partial charge on any atom is 0.256 e. The molecule has 0 atom stereocenters. The van der Waals surface area contributed by atoms with Gasteiger partial charge in [0.15, 0.2) is 0 Å². The molecular formula is C14H23N3O. The van der Waals surface area contributed by atoms with Crippen LogP contribution in [0.2, 0.25) is 0 Å². The largest absolute Gasteiger partial charge is 0.399 e. The molecule has 1 rings (SSSR count). The maximum absolute atomic E-state index is 12.5. The van der Waals surface area contributed by atoms with Crippen molar-refractivity contribution in [2.75, 3.05) is 18.0 Å². The average molecular weight is 249 g/mol. The van der Waals surface area contributed by atoms with E-state index >= 15 is 0 Å². The minimum Gasteiger partial charge on any atom is -0.399 e. The molecule has 100 valence electrons. The zero-order valence-electron chi connectivity index (χ0n) is 11.6. The van der Waals surface area contributed by atoms with Crippen molar-refractivity contribution < 1.29 is 4.79 Å². The summed E-state index contributed by atoms with van der Waals surface area (Å²) in [5.41, 5.74) is 13.0. The number of amides is 1. The molecule has 0 fully saturated rings. The third-order valence-corrected chi connectivity index (χ3v) is 2.75. The molecule has 4 nitrogen and oxygen atoms in total. The number of hydrogen-bond donors (Lipinski definition) is 2. The molecule has 4 heteroatoms. The molecule has 0 bridgehead atoms. The summed E-state index contributed by atoms with van der Waals surface area (Å²) in [7, 11) is 0. The van der Waals surface area contributed by atoms with Crippen molar-refractivity contribution in [1.29, 1.82) is 0 Å². The monoisotopic (exact) mass is 249 g/mol. The van der Waals surface area contributed by atoms with Gasteiger partial charge in [0.1, 0.15) is 0 Å². The van der Waals surface area contributed by atoms with Gasteiger partial charge < -0.3 is 16.4 Å². The van der Waals surface area contributed by atoms with Crippen LogP contribution in [0.25, 0.3) is 0 Å². The Morgan fingerprint density at radius 2 is 1.83 bits per heavy atom. The van der Waals surface area contributed by atoms with Crippen LogP contribution in [-0.4, -0.2) is 23.4 Å². The minimum atomic E-state index is -0.0313. The first-order valence-electron chi connectivity index (χ1n) is 6.29. The van der Waals surface area contributed by atoms with E-state index in [4.69, 9.17) is 11.5 Å². The number of nitrogens with zero attached hydrogens (tertiary/aromatic N) is 1. The Labute approximate surface area is 109 Å². The fourth-order valence-corrected chi connectivity index (χ4v) is 1.85. The summed E-state index contributed by atoms with van der Waals surface area (Å²) in [6.07, 6.45) is 0. The molecule has 0 saturated carbocycles. The quantitative estimate of drug-likeness (QED) is 0.805. The Balaban J connectivity index is 3.02. The second-order valence-corrected chi connectivity index (χ2v) is 5.29. The second-order valence-electron chi connectivity index (χ2n) is 5.29. The SMILES string of the molecule is CC(C)CN(C(=O)c1ccc(N)cc1N)C(C)C. The van der Waals surface area contributed by atoms with Gasteiger partial charge in [-0.05, 0) is 38.0 Å². The van der Waals surface area contributed by atoms with E-state index in [1.165, 1.54) is 0 Å². The number of rotatable bonds is 4. The molecule has 0 radical (unpaired) electrons. The van der Waals surface area contributed by atoms with Gasteiger partial charge in [-0.15, -0.1) is 0 Å². The van der Waals surface area contributed by atoms with Crippen LogP contribution in [-0.2, 0) is 0 Å². The minimum absolute atomic E-state index is 0.0313. The lowest BCUT2D eigenvalue weighted by Gasteiger charge is -2.29. The number of carbonyl (C=O) groups excluding carboxylic acids is 1. The summed E-state index contributed by atoms with van der Waals surface area (Å²) in [4.78, 5) is 14.3. The van der Waals surface area contributed by atoms with Crippen LogP contribution in [0.3, 0.4) is 0 Å². The summed E-state index contributed by atoms with van der Waals surface area (Å²) < 4.78 is 0. The topological polar surface area (TPSA) is 72.3 Å². The van der Waals surface area contributed by atoms with E-state index in [0.29, 0.717) is 22.9 Å². The van der Waals surface area contributed by atoms with Crippen molar-refractivity contribution >= 4 is 17.3 Å². The number of benzene rings is 1. The van der Waals surface area contributed by atoms with Gasteiger partial charge in [-0.1, -0.05) is 13.8 Å². The molecule has 0 unspecified atom stereocenters. The fraction of sp³-hybridized carbons (Fsp3) is 0.500. The predicted octanol–water partition coefficient (Wildman–Crippen LogP) is 2.36. The summed E-state index contributed by atoms with van der Waals surface area (Å²) in [6.45, 7) is 8.92. The average Bonchev–Trinajstić information content (AvgIpc) is 2.24. The molecule has 1 aromatic carbocycles. The van der Waals surface area contributed by atoms with Crippen LogP contribution in [0.5, 0.6) is 0 Å². The molecular weight excluding hydrogens is 226 g/mol. The second kappa shape index (κ2) is 5.76. The molecule has 0 spiro atoms. The van der Waals surface area contributed by atoms with Crippen molar-refractivity contribution in [3.8, 4) is 0 Å². The third-order valence-electron chi connectivity index (χ3n) is 2.75. The molecule has 1 amide bonds. The number of carbonyl (C=O) groups is 1. The van der Waals surface area contributed by atoms with Gasteiger partial charge in [-0.25, -0.2) is 0 Å². The summed E-state index contributed by atoms with van der Waals surface area (Å²) in [5, 5.41) is 0. The molecule has 0 aliphatic carbocycles. The highest BCUT2D eigenvalue weighted by Crippen LogP contribution is 2.19. The van der Waals surface area contributed by atoms with Crippen molar-refractivity contribution in [3.05, 3.63) is 23.8 Å². The van der Waals surface area contributed by atoms with E-state index < -0.39 is 0 Å². The van der Waals surface area contributed by atoms with Crippen LogP contribution in [0.1, 0.15) is 38.1 Å². The van der Waals surface area contributed by atoms with Gasteiger partial charge in [0.05, 0.1) is 5.56 Å². The van der Waals surface area contributed by atoms with Crippen molar-refractivity contribution in [1.82, 2.24) is 4.90 Å². The number of nitrogens with two attached hydrogens (primary N) is 2. The highest BCUT2D eigenvalue weighted by atomic mass is 16.2. The Morgan fingerprint density at radius 3 is 2.28 bits per heavy atom. The van der Waals surface area contributed by atoms with E-state index in [1.54, 1.807) is 18.2 Å². The molecule has 0 saturated heterocycles. The van der Waals surface area contributed by atoms with Gasteiger partial charge in [-0.2, -0.15) is 0 Å². The smallest absolute Gasteiger partial charge is 0.256 e. The fourth-order valence-electron chi connectivity index (χ4n) is 1.85. The van der Waals surface area contributed by atoms with E-state index in [0.717, 1.165) is 6.54 Å². The van der Waals surface area contributed by atoms with Crippen LogP contribution < -0.4 is 11.5 Å². The lowest BCUT2D eigenvalue weighted by molar-refractivity contribution is 0.0683. The van der Waals surface area contributed by atoms with Crippen LogP contribution in [0, 0.1) is 5.92 Å². The first-order valence-corrected chi connectivity index (χ1v) is 6.29. The van der Waals surface area contributed by atoms with E-state index in [-0.39, 0.29) is 11.9 Å². The van der Waals surface area contributed by atoms with E-state index in [9.17, 15) is 4.79 Å². The molecule has 0 heterocycles. The molecule has 18 heavy (non-hydrogen) atoms. The molecule has 4 N–H and O–H groups in total. The zero-order valence-corrected chi connectivity index (χ0v) is 11.6. The standard InChI is InChI=1S/C14H23N3O/c1-9(2)8-17(10(3)4)14(18)12-6-5-11(15)7-13(12)16/h5-7,9-10H,8,15-16H2,1-4H3. The van der Waals surface area contributed by atoms with Crippen LogP contribution in [0.4, 0.5) is 11.4 Å². The number of anilines is 2. The molecule has 0 aliphatic heterocycles. The van der Waals surface area contributed by atoms with Crippen LogP contribution in [0.15, 0.2) is 18.2 Å². The lowest BCUT2D eigenvalue weighted by atomic mass is 10.1. The third kappa shape index (κ3) is 3.39. The Kier molecular flexibility index (Phi) is 4.59. The first kappa shape index (κ1) is 14.4. The van der Waals surface area contributed by atoms with Crippen molar-refractivity contribution in [3.63, 3.8) is 0 Å². The van der Waals surface area contributed by atoms with Crippen molar-refractivity contribution in [2.45, 2.75) is 33.7 Å². The number of hydrogen-bond acceptors (Lipinski definition) is 3. The Morgan fingerprint density at radius 1 is 1.22 bits per heavy atom. The normalized spacial score (nSPS) is 11.0. The highest BCUT2D eigenvalue weighted by molar-refractivity contribution is 5.99. The number of nitrogen functional groups attached to an aromatic ring is 2. The Bertz CT molecular complexity index is 427. The Hall–Kier alpha value is -1.71. The molecule has 0 aromatic heterocycles. The van der Waals surface area contributed by atoms with Crippen molar-refractivity contribution in [2.24, 2.45) is 5.92 Å².